The van der Waals surface area contributed by atoms with E-state index in [1.165, 1.54) is 38.4 Å². The van der Waals surface area contributed by atoms with E-state index >= 15 is 0 Å². The van der Waals surface area contributed by atoms with Gasteiger partial charge in [0.05, 0.1) is 6.26 Å². The molecule has 0 saturated heterocycles. The van der Waals surface area contributed by atoms with Gasteiger partial charge in [-0.3, -0.25) is 0 Å². The third-order valence-corrected chi connectivity index (χ3v) is 3.91. The van der Waals surface area contributed by atoms with Crippen molar-refractivity contribution in [1.82, 2.24) is 5.32 Å². The van der Waals surface area contributed by atoms with E-state index in [1.54, 1.807) is 6.07 Å². The Kier molecular flexibility index (Phi) is 4.42. The first-order valence-electron chi connectivity index (χ1n) is 6.71. The topological polar surface area (TPSA) is 62.5 Å². The van der Waals surface area contributed by atoms with Crippen LogP contribution in [0.1, 0.15) is 55.1 Å². The average Bonchev–Trinajstić information content (AvgIpc) is 2.85. The summed E-state index contributed by atoms with van der Waals surface area (Å²) in [5.41, 5.74) is 0.727. The van der Waals surface area contributed by atoms with E-state index in [0.717, 1.165) is 11.5 Å². The van der Waals surface area contributed by atoms with E-state index in [1.807, 2.05) is 0 Å². The largest absolute Gasteiger partial charge is 0.475 e. The number of furan rings is 1. The van der Waals surface area contributed by atoms with E-state index < -0.39 is 5.97 Å². The molecule has 100 valence electrons. The van der Waals surface area contributed by atoms with Crippen LogP contribution < -0.4 is 5.32 Å². The zero-order chi connectivity index (χ0) is 13.0. The van der Waals surface area contributed by atoms with E-state index in [-0.39, 0.29) is 5.76 Å². The Morgan fingerprint density at radius 3 is 2.89 bits per heavy atom. The summed E-state index contributed by atoms with van der Waals surface area (Å²) < 4.78 is 4.96. The van der Waals surface area contributed by atoms with Gasteiger partial charge in [0.2, 0.25) is 5.76 Å². The van der Waals surface area contributed by atoms with E-state index in [2.05, 4.69) is 12.2 Å². The lowest BCUT2D eigenvalue weighted by Gasteiger charge is -2.28. The van der Waals surface area contributed by atoms with Crippen molar-refractivity contribution in [3.8, 4) is 0 Å². The van der Waals surface area contributed by atoms with Gasteiger partial charge < -0.3 is 14.8 Å². The lowest BCUT2D eigenvalue weighted by Crippen LogP contribution is -2.34. The van der Waals surface area contributed by atoms with Crippen molar-refractivity contribution in [3.05, 3.63) is 23.7 Å². The lowest BCUT2D eigenvalue weighted by molar-refractivity contribution is 0.0660. The molecule has 2 rings (SSSR count). The minimum Gasteiger partial charge on any atom is -0.475 e. The Balaban J connectivity index is 1.86. The Labute approximate surface area is 107 Å². The summed E-state index contributed by atoms with van der Waals surface area (Å²) in [6.45, 7) is 2.76. The molecule has 1 aliphatic rings. The summed E-state index contributed by atoms with van der Waals surface area (Å²) in [6, 6.07) is 2.16. The van der Waals surface area contributed by atoms with Gasteiger partial charge in [-0.05, 0) is 31.7 Å². The smallest absolute Gasteiger partial charge is 0.372 e. The van der Waals surface area contributed by atoms with Gasteiger partial charge in [-0.15, -0.1) is 0 Å². The van der Waals surface area contributed by atoms with Gasteiger partial charge in [0.25, 0.3) is 0 Å². The second-order valence-electron chi connectivity index (χ2n) is 5.15. The fraction of sp³-hybridized carbons (Fsp3) is 0.643. The molecule has 1 atom stereocenters. The van der Waals surface area contributed by atoms with E-state index in [0.29, 0.717) is 12.6 Å². The van der Waals surface area contributed by atoms with Crippen LogP contribution in [0.25, 0.3) is 0 Å². The highest BCUT2D eigenvalue weighted by molar-refractivity contribution is 5.86. The molecule has 1 saturated carbocycles. The molecule has 0 spiro atoms. The van der Waals surface area contributed by atoms with Crippen molar-refractivity contribution >= 4 is 5.97 Å². The molecule has 2 N–H and O–H groups in total. The second kappa shape index (κ2) is 6.05. The molecule has 1 aromatic rings. The van der Waals surface area contributed by atoms with Crippen molar-refractivity contribution in [2.45, 2.75) is 51.6 Å². The van der Waals surface area contributed by atoms with Gasteiger partial charge in [-0.25, -0.2) is 4.79 Å². The summed E-state index contributed by atoms with van der Waals surface area (Å²) in [5, 5.41) is 12.4. The summed E-state index contributed by atoms with van der Waals surface area (Å²) in [4.78, 5) is 10.9. The summed E-state index contributed by atoms with van der Waals surface area (Å²) >= 11 is 0. The Morgan fingerprint density at radius 1 is 1.50 bits per heavy atom. The third kappa shape index (κ3) is 3.13. The van der Waals surface area contributed by atoms with Crippen LogP contribution in [0.3, 0.4) is 0 Å². The Bertz CT molecular complexity index is 393. The van der Waals surface area contributed by atoms with Crippen molar-refractivity contribution in [2.75, 3.05) is 0 Å². The molecule has 1 aromatic heterocycles. The molecular weight excluding hydrogens is 230 g/mol. The molecule has 1 fully saturated rings. The van der Waals surface area contributed by atoms with Gasteiger partial charge in [0.1, 0.15) is 0 Å². The zero-order valence-electron chi connectivity index (χ0n) is 10.8. The molecule has 0 unspecified atom stereocenters. The summed E-state index contributed by atoms with van der Waals surface area (Å²) in [5.74, 6) is -0.223. The highest BCUT2D eigenvalue weighted by atomic mass is 16.4. The molecule has 4 heteroatoms. The van der Waals surface area contributed by atoms with Crippen LogP contribution in [0, 0.1) is 5.92 Å². The molecule has 0 bridgehead atoms. The minimum atomic E-state index is -0.998. The van der Waals surface area contributed by atoms with E-state index in [4.69, 9.17) is 9.52 Å². The van der Waals surface area contributed by atoms with Crippen LogP contribution in [0.15, 0.2) is 16.7 Å². The maximum Gasteiger partial charge on any atom is 0.372 e. The van der Waals surface area contributed by atoms with Crippen molar-refractivity contribution in [1.29, 1.82) is 0 Å². The molecule has 0 aliphatic heterocycles. The lowest BCUT2D eigenvalue weighted by atomic mass is 9.84. The average molecular weight is 251 g/mol. The predicted octanol–water partition coefficient (Wildman–Crippen LogP) is 3.04. The Hall–Kier alpha value is -1.29. The standard InChI is InChI=1S/C14H21NO3/c1-10(11-5-3-2-4-6-11)15-9-12-7-8-18-13(12)14(16)17/h7-8,10-11,15H,2-6,9H2,1H3,(H,16,17)/t10-/m0/s1. The van der Waals surface area contributed by atoms with Gasteiger partial charge in [-0.2, -0.15) is 0 Å². The number of hydrogen-bond acceptors (Lipinski definition) is 3. The van der Waals surface area contributed by atoms with Gasteiger partial charge in [0.15, 0.2) is 0 Å². The number of carboxylic acid groups (broad SMARTS) is 1. The summed E-state index contributed by atoms with van der Waals surface area (Å²) in [7, 11) is 0. The summed E-state index contributed by atoms with van der Waals surface area (Å²) in [6.07, 6.45) is 8.00. The van der Waals surface area contributed by atoms with Crippen LogP contribution in [-0.2, 0) is 6.54 Å². The molecule has 0 radical (unpaired) electrons. The van der Waals surface area contributed by atoms with Crippen LogP contribution in [0.4, 0.5) is 0 Å². The first-order valence-corrected chi connectivity index (χ1v) is 6.71. The number of aromatic carboxylic acids is 1. The molecule has 0 amide bonds. The number of hydrogen-bond donors (Lipinski definition) is 2. The first-order chi connectivity index (χ1) is 8.68. The number of carbonyl (C=O) groups is 1. The fourth-order valence-corrected chi connectivity index (χ4v) is 2.73. The Morgan fingerprint density at radius 2 is 2.22 bits per heavy atom. The zero-order valence-corrected chi connectivity index (χ0v) is 10.8. The van der Waals surface area contributed by atoms with Gasteiger partial charge in [0, 0.05) is 18.2 Å². The fourth-order valence-electron chi connectivity index (χ4n) is 2.73. The number of rotatable bonds is 5. The number of nitrogens with one attached hydrogen (secondary N) is 1. The van der Waals surface area contributed by atoms with Crippen LogP contribution in [0.5, 0.6) is 0 Å². The second-order valence-corrected chi connectivity index (χ2v) is 5.15. The first kappa shape index (κ1) is 13.1. The van der Waals surface area contributed by atoms with Crippen LogP contribution in [0.2, 0.25) is 0 Å². The van der Waals surface area contributed by atoms with Crippen LogP contribution >= 0.6 is 0 Å². The maximum absolute atomic E-state index is 10.9. The molecule has 18 heavy (non-hydrogen) atoms. The molecule has 0 aromatic carbocycles. The predicted molar refractivity (Wildman–Crippen MR) is 68.5 cm³/mol. The third-order valence-electron chi connectivity index (χ3n) is 3.91. The van der Waals surface area contributed by atoms with E-state index in [9.17, 15) is 4.79 Å². The molecular formula is C14H21NO3. The van der Waals surface area contributed by atoms with Crippen molar-refractivity contribution < 1.29 is 14.3 Å². The van der Waals surface area contributed by atoms with Crippen LogP contribution in [-0.4, -0.2) is 17.1 Å². The highest BCUT2D eigenvalue weighted by Crippen LogP contribution is 2.26. The molecule has 4 nitrogen and oxygen atoms in total. The SMILES string of the molecule is C[C@H](NCc1ccoc1C(=O)O)C1CCCCC1. The maximum atomic E-state index is 10.9. The quantitative estimate of drug-likeness (QED) is 0.844. The van der Waals surface area contributed by atoms with Crippen molar-refractivity contribution in [2.24, 2.45) is 5.92 Å². The number of carboxylic acids is 1. The highest BCUT2D eigenvalue weighted by Gasteiger charge is 2.20. The van der Waals surface area contributed by atoms with Crippen molar-refractivity contribution in [3.63, 3.8) is 0 Å². The van der Waals surface area contributed by atoms with Gasteiger partial charge in [-0.1, -0.05) is 19.3 Å². The monoisotopic (exact) mass is 251 g/mol. The van der Waals surface area contributed by atoms with Gasteiger partial charge >= 0.3 is 5.97 Å². The minimum absolute atomic E-state index is 0.0540. The molecule has 1 heterocycles. The molecule has 1 aliphatic carbocycles. The normalized spacial score (nSPS) is 18.7.